The predicted molar refractivity (Wildman–Crippen MR) is 115 cm³/mol. The lowest BCUT2D eigenvalue weighted by atomic mass is 9.94. The number of aliphatic hydroxyl groups excluding tert-OH is 1. The SMILES string of the molecule is COc1ccc(F)cc1C(O)=C1C(=O)C(=O)N(c2nnc(C)s2)[C@H]1c1ccccc1OC. The molecule has 10 heteroatoms. The van der Waals surface area contributed by atoms with Crippen LogP contribution in [0.3, 0.4) is 0 Å². The summed E-state index contributed by atoms with van der Waals surface area (Å²) in [5.41, 5.74) is 0.147. The summed E-state index contributed by atoms with van der Waals surface area (Å²) in [6, 6.07) is 9.24. The molecule has 1 N–H and O–H groups in total. The van der Waals surface area contributed by atoms with Crippen LogP contribution < -0.4 is 14.4 Å². The number of ether oxygens (including phenoxy) is 2. The quantitative estimate of drug-likeness (QED) is 0.356. The summed E-state index contributed by atoms with van der Waals surface area (Å²) < 4.78 is 24.7. The van der Waals surface area contributed by atoms with Crippen LogP contribution in [0.2, 0.25) is 0 Å². The fraction of sp³-hybridized carbons (Fsp3) is 0.182. The van der Waals surface area contributed by atoms with E-state index in [-0.39, 0.29) is 22.0 Å². The van der Waals surface area contributed by atoms with Crippen molar-refractivity contribution in [2.45, 2.75) is 13.0 Å². The van der Waals surface area contributed by atoms with Crippen molar-refractivity contribution in [1.29, 1.82) is 0 Å². The Hall–Kier alpha value is -3.79. The fourth-order valence-corrected chi connectivity index (χ4v) is 4.32. The monoisotopic (exact) mass is 455 g/mol. The Kier molecular flexibility index (Phi) is 5.62. The number of hydrogen-bond acceptors (Lipinski definition) is 8. The Morgan fingerprint density at radius 2 is 1.81 bits per heavy atom. The molecular weight excluding hydrogens is 437 g/mol. The minimum atomic E-state index is -1.08. The van der Waals surface area contributed by atoms with Crippen LogP contribution in [0.5, 0.6) is 11.5 Å². The first-order valence-electron chi connectivity index (χ1n) is 9.45. The third-order valence-electron chi connectivity index (χ3n) is 5.02. The number of aliphatic hydroxyl groups is 1. The van der Waals surface area contributed by atoms with E-state index in [1.54, 1.807) is 31.2 Å². The highest BCUT2D eigenvalue weighted by Gasteiger charge is 2.49. The van der Waals surface area contributed by atoms with Crippen LogP contribution in [0.1, 0.15) is 22.2 Å². The fourth-order valence-electron chi connectivity index (χ4n) is 3.61. The third kappa shape index (κ3) is 3.48. The van der Waals surface area contributed by atoms with E-state index in [4.69, 9.17) is 9.47 Å². The molecule has 0 spiro atoms. The highest BCUT2D eigenvalue weighted by Crippen LogP contribution is 2.46. The van der Waals surface area contributed by atoms with Gasteiger partial charge in [-0.3, -0.25) is 14.5 Å². The standard InChI is InChI=1S/C22H18FN3O5S/c1-11-24-25-22(32-11)26-18(13-6-4-5-7-15(13)30-2)17(20(28)21(26)29)19(27)14-10-12(23)8-9-16(14)31-3/h4-10,18,27H,1-3H3/t18-/m0/s1. The van der Waals surface area contributed by atoms with Gasteiger partial charge in [-0.2, -0.15) is 0 Å². The van der Waals surface area contributed by atoms with Crippen LogP contribution >= 0.6 is 11.3 Å². The lowest BCUT2D eigenvalue weighted by Gasteiger charge is -2.24. The van der Waals surface area contributed by atoms with Gasteiger partial charge in [-0.25, -0.2) is 4.39 Å². The van der Waals surface area contributed by atoms with Crippen molar-refractivity contribution < 1.29 is 28.6 Å². The molecule has 0 unspecified atom stereocenters. The van der Waals surface area contributed by atoms with E-state index in [9.17, 15) is 19.1 Å². The summed E-state index contributed by atoms with van der Waals surface area (Å²) in [5.74, 6) is -2.52. The predicted octanol–water partition coefficient (Wildman–Crippen LogP) is 3.63. The summed E-state index contributed by atoms with van der Waals surface area (Å²) >= 11 is 1.12. The maximum absolute atomic E-state index is 14.0. The van der Waals surface area contributed by atoms with Gasteiger partial charge in [0.2, 0.25) is 5.13 Å². The zero-order valence-corrected chi connectivity index (χ0v) is 18.1. The molecule has 0 bridgehead atoms. The molecule has 2 heterocycles. The van der Waals surface area contributed by atoms with Crippen LogP contribution in [0.4, 0.5) is 9.52 Å². The number of ketones is 1. The second-order valence-electron chi connectivity index (χ2n) is 6.86. The second kappa shape index (κ2) is 8.39. The number of hydrogen-bond donors (Lipinski definition) is 1. The van der Waals surface area contributed by atoms with Crippen molar-refractivity contribution in [3.8, 4) is 11.5 Å². The van der Waals surface area contributed by atoms with Crippen molar-refractivity contribution in [3.05, 3.63) is 70.0 Å². The van der Waals surface area contributed by atoms with Crippen molar-refractivity contribution in [2.24, 2.45) is 0 Å². The third-order valence-corrected chi connectivity index (χ3v) is 5.85. The zero-order chi connectivity index (χ0) is 23.0. The smallest absolute Gasteiger partial charge is 0.301 e. The molecule has 4 rings (SSSR count). The van der Waals surface area contributed by atoms with Crippen molar-refractivity contribution in [3.63, 3.8) is 0 Å². The summed E-state index contributed by atoms with van der Waals surface area (Å²) in [4.78, 5) is 27.4. The van der Waals surface area contributed by atoms with E-state index in [0.29, 0.717) is 16.3 Å². The van der Waals surface area contributed by atoms with E-state index < -0.39 is 29.3 Å². The average molecular weight is 455 g/mol. The van der Waals surface area contributed by atoms with Crippen LogP contribution in [-0.2, 0) is 9.59 Å². The molecular formula is C22H18FN3O5S. The van der Waals surface area contributed by atoms with E-state index in [1.165, 1.54) is 25.2 Å². The number of anilines is 1. The van der Waals surface area contributed by atoms with Crippen molar-refractivity contribution >= 4 is 33.9 Å². The Morgan fingerprint density at radius 1 is 1.09 bits per heavy atom. The number of halogens is 1. The molecule has 1 amide bonds. The first-order chi connectivity index (χ1) is 15.4. The number of aryl methyl sites for hydroxylation is 1. The summed E-state index contributed by atoms with van der Waals surface area (Å²) in [5, 5.41) is 19.9. The van der Waals surface area contributed by atoms with Gasteiger partial charge in [-0.05, 0) is 31.2 Å². The van der Waals surface area contributed by atoms with Crippen molar-refractivity contribution in [1.82, 2.24) is 10.2 Å². The summed E-state index contributed by atoms with van der Waals surface area (Å²) in [6.45, 7) is 1.72. The molecule has 164 valence electrons. The number of aromatic nitrogens is 2. The van der Waals surface area contributed by atoms with E-state index in [0.717, 1.165) is 23.5 Å². The topological polar surface area (TPSA) is 102 Å². The maximum Gasteiger partial charge on any atom is 0.301 e. The number of nitrogens with zero attached hydrogens (tertiary/aromatic N) is 3. The van der Waals surface area contributed by atoms with E-state index in [1.807, 2.05) is 0 Å². The maximum atomic E-state index is 14.0. The first-order valence-corrected chi connectivity index (χ1v) is 10.3. The minimum Gasteiger partial charge on any atom is -0.507 e. The Bertz CT molecular complexity index is 1260. The minimum absolute atomic E-state index is 0.0566. The molecule has 32 heavy (non-hydrogen) atoms. The van der Waals surface area contributed by atoms with E-state index >= 15 is 0 Å². The largest absolute Gasteiger partial charge is 0.507 e. The molecule has 1 saturated heterocycles. The van der Waals surface area contributed by atoms with Crippen molar-refractivity contribution in [2.75, 3.05) is 19.1 Å². The van der Waals surface area contributed by atoms with Gasteiger partial charge in [0.1, 0.15) is 34.1 Å². The van der Waals surface area contributed by atoms with E-state index in [2.05, 4.69) is 10.2 Å². The lowest BCUT2D eigenvalue weighted by Crippen LogP contribution is -2.29. The summed E-state index contributed by atoms with van der Waals surface area (Å²) in [7, 11) is 2.81. The Morgan fingerprint density at radius 3 is 2.47 bits per heavy atom. The molecule has 1 fully saturated rings. The zero-order valence-electron chi connectivity index (χ0n) is 17.3. The van der Waals surface area contributed by atoms with Crippen LogP contribution in [0.15, 0.2) is 48.0 Å². The number of methoxy groups -OCH3 is 2. The molecule has 2 aromatic carbocycles. The van der Waals surface area contributed by atoms with Gasteiger partial charge in [0.25, 0.3) is 5.78 Å². The number of carbonyl (C=O) groups is 2. The van der Waals surface area contributed by atoms with Crippen LogP contribution in [0.25, 0.3) is 5.76 Å². The Balaban J connectivity index is 2.02. The van der Waals surface area contributed by atoms with Crippen LogP contribution in [-0.4, -0.2) is 41.2 Å². The molecule has 1 aliphatic rings. The highest BCUT2D eigenvalue weighted by molar-refractivity contribution is 7.15. The molecule has 3 aromatic rings. The number of amides is 1. The van der Waals surface area contributed by atoms with Gasteiger partial charge in [0, 0.05) is 5.56 Å². The number of para-hydroxylation sites is 1. The number of Topliss-reactive ketones (excluding diaryl/α,β-unsaturated/α-hetero) is 1. The lowest BCUT2D eigenvalue weighted by molar-refractivity contribution is -0.132. The Labute approximate surface area is 186 Å². The van der Waals surface area contributed by atoms with Gasteiger partial charge in [0.05, 0.1) is 25.4 Å². The average Bonchev–Trinajstić information content (AvgIpc) is 3.33. The van der Waals surface area contributed by atoms with Gasteiger partial charge >= 0.3 is 5.91 Å². The van der Waals surface area contributed by atoms with Gasteiger partial charge in [-0.15, -0.1) is 10.2 Å². The molecule has 1 aromatic heterocycles. The molecule has 0 aliphatic carbocycles. The molecule has 0 radical (unpaired) electrons. The van der Waals surface area contributed by atoms with Gasteiger partial charge in [0.15, 0.2) is 0 Å². The number of rotatable bonds is 5. The first kappa shape index (κ1) is 21.4. The normalized spacial score (nSPS) is 17.6. The highest BCUT2D eigenvalue weighted by atomic mass is 32.1. The summed E-state index contributed by atoms with van der Waals surface area (Å²) in [6.07, 6.45) is 0. The molecule has 1 atom stereocenters. The molecule has 8 nitrogen and oxygen atoms in total. The van der Waals surface area contributed by atoms with Gasteiger partial charge < -0.3 is 14.6 Å². The van der Waals surface area contributed by atoms with Gasteiger partial charge in [-0.1, -0.05) is 29.5 Å². The second-order valence-corrected chi connectivity index (χ2v) is 8.02. The number of benzene rings is 2. The number of carbonyl (C=O) groups excluding carboxylic acids is 2. The molecule has 0 saturated carbocycles. The van der Waals surface area contributed by atoms with Crippen LogP contribution in [0, 0.1) is 12.7 Å². The molecule has 1 aliphatic heterocycles.